The second-order valence-corrected chi connectivity index (χ2v) is 7.04. The zero-order valence-corrected chi connectivity index (χ0v) is 18.3. The van der Waals surface area contributed by atoms with Gasteiger partial charge in [0.05, 0.1) is 25.7 Å². The van der Waals surface area contributed by atoms with E-state index in [-0.39, 0.29) is 46.0 Å². The number of cyclic esters (lactones) is 1. The fourth-order valence-electron chi connectivity index (χ4n) is 3.17. The lowest BCUT2D eigenvalue weighted by Gasteiger charge is -2.14. The Morgan fingerprint density at radius 1 is 1.32 bits per heavy atom. The number of tetrazole rings is 1. The first-order valence-electron chi connectivity index (χ1n) is 9.79. The number of amides is 1. The third-order valence-electron chi connectivity index (χ3n) is 4.73. The van der Waals surface area contributed by atoms with Gasteiger partial charge in [0, 0.05) is 23.9 Å². The second-order valence-electron chi connectivity index (χ2n) is 7.04. The molecule has 4 rings (SSSR count). The van der Waals surface area contributed by atoms with Crippen LogP contribution in [-0.4, -0.2) is 63.1 Å². The van der Waals surface area contributed by atoms with Gasteiger partial charge in [-0.1, -0.05) is 13.5 Å². The molecule has 182 valence electrons. The number of carbonyl (C=O) groups is 2. The molecule has 0 spiro atoms. The van der Waals surface area contributed by atoms with Crippen molar-refractivity contribution in [3.8, 4) is 22.6 Å². The summed E-state index contributed by atoms with van der Waals surface area (Å²) in [5, 5.41) is 11.7. The molecule has 0 saturated carbocycles. The standard InChI is InChI=1S/C20H20FN7O4.CH4.ClH/c1-27-25-19(24-26-27)17-5-2-12(9-23-17)15-4-3-13(8-16(15)21)28-10-14(32-20(28)30)11-31-18(29)6-7-22;;/h2-5,8-9,14H,6-7,10-11,22H2,1H3;1H4;1H/p-1/t14-;;/m1../s1. The Morgan fingerprint density at radius 2 is 2.12 bits per heavy atom. The summed E-state index contributed by atoms with van der Waals surface area (Å²) in [6, 6.07) is 7.79. The minimum Gasteiger partial charge on any atom is -1.00 e. The summed E-state index contributed by atoms with van der Waals surface area (Å²) in [7, 11) is 1.65. The van der Waals surface area contributed by atoms with Gasteiger partial charge in [-0.2, -0.15) is 4.80 Å². The van der Waals surface area contributed by atoms with E-state index in [1.54, 1.807) is 31.3 Å². The van der Waals surface area contributed by atoms with E-state index in [9.17, 15) is 14.0 Å². The second kappa shape index (κ2) is 11.5. The summed E-state index contributed by atoms with van der Waals surface area (Å²) in [5.41, 5.74) is 7.01. The number of nitrogens with zero attached hydrogens (tertiary/aromatic N) is 6. The van der Waals surface area contributed by atoms with E-state index in [1.165, 1.54) is 22.0 Å². The van der Waals surface area contributed by atoms with Crippen LogP contribution in [0.1, 0.15) is 13.8 Å². The van der Waals surface area contributed by atoms with Crippen LogP contribution in [0, 0.1) is 5.82 Å². The van der Waals surface area contributed by atoms with Crippen LogP contribution in [0.2, 0.25) is 0 Å². The molecule has 1 aromatic carbocycles. The molecule has 0 aliphatic carbocycles. The first-order chi connectivity index (χ1) is 15.4. The zero-order chi connectivity index (χ0) is 22.7. The van der Waals surface area contributed by atoms with Gasteiger partial charge >= 0.3 is 12.1 Å². The predicted octanol–water partition coefficient (Wildman–Crippen LogP) is -1.06. The Balaban J connectivity index is 0.00000204. The van der Waals surface area contributed by atoms with Crippen molar-refractivity contribution in [3.63, 3.8) is 0 Å². The first-order valence-corrected chi connectivity index (χ1v) is 9.79. The van der Waals surface area contributed by atoms with Crippen LogP contribution in [0.4, 0.5) is 14.9 Å². The van der Waals surface area contributed by atoms with Gasteiger partial charge in [-0.05, 0) is 29.5 Å². The normalized spacial score (nSPS) is 14.7. The van der Waals surface area contributed by atoms with Crippen molar-refractivity contribution in [2.24, 2.45) is 12.8 Å². The molecule has 0 unspecified atom stereocenters. The number of aromatic nitrogens is 5. The summed E-state index contributed by atoms with van der Waals surface area (Å²) in [4.78, 5) is 30.5. The van der Waals surface area contributed by atoms with E-state index in [0.717, 1.165) is 0 Å². The minimum atomic E-state index is -0.640. The number of aryl methyl sites for hydroxylation is 1. The SMILES string of the molecule is C.Cn1nnc(-c2ccc(-c3ccc(N4C[C@H](COC(=O)CCN)OC4=O)cc3F)cn2)n1.[Cl-]. The summed E-state index contributed by atoms with van der Waals surface area (Å²) >= 11 is 0. The van der Waals surface area contributed by atoms with E-state index in [2.05, 4.69) is 20.4 Å². The van der Waals surface area contributed by atoms with Gasteiger partial charge in [0.1, 0.15) is 18.1 Å². The smallest absolute Gasteiger partial charge is 0.414 e. The highest BCUT2D eigenvalue weighted by Gasteiger charge is 2.33. The van der Waals surface area contributed by atoms with Gasteiger partial charge in [0.15, 0.2) is 6.10 Å². The van der Waals surface area contributed by atoms with Gasteiger partial charge in [-0.3, -0.25) is 14.7 Å². The fourth-order valence-corrected chi connectivity index (χ4v) is 3.17. The van der Waals surface area contributed by atoms with Crippen molar-refractivity contribution in [3.05, 3.63) is 42.3 Å². The summed E-state index contributed by atoms with van der Waals surface area (Å²) < 4.78 is 25.1. The molecular weight excluding hydrogens is 469 g/mol. The Labute approximate surface area is 201 Å². The minimum absolute atomic E-state index is 0. The highest BCUT2D eigenvalue weighted by Crippen LogP contribution is 2.29. The summed E-state index contributed by atoms with van der Waals surface area (Å²) in [5.74, 6) is -0.627. The molecule has 1 fully saturated rings. The molecule has 2 aromatic heterocycles. The number of ether oxygens (including phenoxy) is 2. The molecule has 1 saturated heterocycles. The van der Waals surface area contributed by atoms with E-state index >= 15 is 0 Å². The van der Waals surface area contributed by atoms with E-state index in [4.69, 9.17) is 15.2 Å². The molecule has 1 aliphatic rings. The number of esters is 1. The molecule has 1 aliphatic heterocycles. The quantitative estimate of drug-likeness (QED) is 0.409. The van der Waals surface area contributed by atoms with Crippen LogP contribution in [0.3, 0.4) is 0 Å². The molecule has 3 heterocycles. The van der Waals surface area contributed by atoms with Crippen molar-refractivity contribution in [1.29, 1.82) is 0 Å². The number of carbonyl (C=O) groups excluding carboxylic acids is 2. The van der Waals surface area contributed by atoms with Crippen molar-refractivity contribution in [2.45, 2.75) is 20.0 Å². The highest BCUT2D eigenvalue weighted by molar-refractivity contribution is 5.90. The van der Waals surface area contributed by atoms with E-state index in [1.807, 2.05) is 0 Å². The van der Waals surface area contributed by atoms with Gasteiger partial charge in [-0.15, -0.1) is 10.2 Å². The number of benzene rings is 1. The third kappa shape index (κ3) is 5.83. The molecule has 11 nitrogen and oxygen atoms in total. The van der Waals surface area contributed by atoms with Crippen LogP contribution >= 0.6 is 0 Å². The maximum Gasteiger partial charge on any atom is 0.414 e. The highest BCUT2D eigenvalue weighted by atomic mass is 35.5. The number of anilines is 1. The van der Waals surface area contributed by atoms with Crippen LogP contribution in [0.15, 0.2) is 36.5 Å². The lowest BCUT2D eigenvalue weighted by atomic mass is 10.1. The lowest BCUT2D eigenvalue weighted by molar-refractivity contribution is -0.145. The molecular formula is C21H24ClFN7O4-. The maximum absolute atomic E-state index is 14.9. The molecule has 34 heavy (non-hydrogen) atoms. The lowest BCUT2D eigenvalue weighted by Crippen LogP contribution is -3.00. The van der Waals surface area contributed by atoms with E-state index in [0.29, 0.717) is 28.3 Å². The molecule has 1 amide bonds. The van der Waals surface area contributed by atoms with E-state index < -0.39 is 24.0 Å². The predicted molar refractivity (Wildman–Crippen MR) is 116 cm³/mol. The fraction of sp³-hybridized carbons (Fsp3) is 0.333. The monoisotopic (exact) mass is 492 g/mol. The third-order valence-corrected chi connectivity index (χ3v) is 4.73. The van der Waals surface area contributed by atoms with Crippen molar-refractivity contribution < 1.29 is 35.9 Å². The number of rotatable bonds is 7. The number of hydrogen-bond donors (Lipinski definition) is 1. The Morgan fingerprint density at radius 3 is 2.74 bits per heavy atom. The van der Waals surface area contributed by atoms with Crippen molar-refractivity contribution in [1.82, 2.24) is 25.2 Å². The number of halogens is 2. The topological polar surface area (TPSA) is 138 Å². The summed E-state index contributed by atoms with van der Waals surface area (Å²) in [6.45, 7) is 0.228. The average molecular weight is 493 g/mol. The zero-order valence-electron chi connectivity index (χ0n) is 17.5. The molecule has 2 N–H and O–H groups in total. The molecule has 0 radical (unpaired) electrons. The summed E-state index contributed by atoms with van der Waals surface area (Å²) in [6.07, 6.45) is 0.319. The van der Waals surface area contributed by atoms with Crippen LogP contribution in [0.5, 0.6) is 0 Å². The maximum atomic E-state index is 14.9. The molecule has 0 bridgehead atoms. The van der Waals surface area contributed by atoms with Crippen molar-refractivity contribution in [2.75, 3.05) is 24.6 Å². The van der Waals surface area contributed by atoms with Crippen LogP contribution in [0.25, 0.3) is 22.6 Å². The van der Waals surface area contributed by atoms with Crippen LogP contribution in [-0.2, 0) is 21.3 Å². The largest absolute Gasteiger partial charge is 1.00 e. The number of pyridine rings is 1. The van der Waals surface area contributed by atoms with Gasteiger partial charge < -0.3 is 27.6 Å². The van der Waals surface area contributed by atoms with Crippen LogP contribution < -0.4 is 23.0 Å². The van der Waals surface area contributed by atoms with Gasteiger partial charge in [0.25, 0.3) is 0 Å². The Kier molecular flexibility index (Phi) is 8.98. The number of hydrogen-bond acceptors (Lipinski definition) is 9. The van der Waals surface area contributed by atoms with Crippen molar-refractivity contribution >= 4 is 17.7 Å². The molecule has 3 aromatic rings. The Bertz CT molecular complexity index is 1140. The number of nitrogens with two attached hydrogens (primary N) is 1. The first kappa shape index (κ1) is 26.6. The van der Waals surface area contributed by atoms with Gasteiger partial charge in [-0.25, -0.2) is 9.18 Å². The average Bonchev–Trinajstić information content (AvgIpc) is 3.38. The molecule has 1 atom stereocenters. The molecule has 13 heteroatoms. The van der Waals surface area contributed by atoms with Gasteiger partial charge in [0.2, 0.25) is 5.82 Å². The Hall–Kier alpha value is -3.64.